The average Bonchev–Trinajstić information content (AvgIpc) is 3.33. The lowest BCUT2D eigenvalue weighted by molar-refractivity contribution is -0.0778. The monoisotopic (exact) mass is 685 g/mol. The lowest BCUT2D eigenvalue weighted by Gasteiger charge is -2.26. The van der Waals surface area contributed by atoms with E-state index in [1.165, 1.54) is 0 Å². The predicted molar refractivity (Wildman–Crippen MR) is 213 cm³/mol. The highest BCUT2D eigenvalue weighted by Gasteiger charge is 2.30. The van der Waals surface area contributed by atoms with Gasteiger partial charge in [0.1, 0.15) is 11.5 Å². The maximum Gasteiger partial charge on any atom is 0.245 e. The number of nitrogens with zero attached hydrogens (tertiary/aromatic N) is 3. The Morgan fingerprint density at radius 1 is 0.377 bits per heavy atom. The summed E-state index contributed by atoms with van der Waals surface area (Å²) >= 11 is 0. The van der Waals surface area contributed by atoms with Gasteiger partial charge in [-0.2, -0.15) is 0 Å². The SMILES string of the molecule is CC1(C)Oc2cc(-c3cc(-c4cccnc4)cc(-c4cccnc4)c3)ccc2-c2cc(-c3cc(-c4ccccc4)nc(-c4ccccc4)c3)ccc2O1. The standard InChI is InChI=1S/C48H35N3O2/c1-48(2)52-46-20-18-34(41-27-44(32-11-5-3-6-12-32)51-45(28-41)33-13-7-4-8-14-33)26-43(46)42-19-17-35(29-47(42)53-48)38-23-39(36-15-9-21-49-30-36)25-40(24-38)37-16-10-22-50-31-37/h3-31H,1-2H3. The normalized spacial score (nSPS) is 12.8. The van der Waals surface area contributed by atoms with Gasteiger partial charge in [-0.15, -0.1) is 0 Å². The van der Waals surface area contributed by atoms with Crippen LogP contribution in [0.4, 0.5) is 0 Å². The Kier molecular flexibility index (Phi) is 8.09. The van der Waals surface area contributed by atoms with E-state index in [2.05, 4.69) is 113 Å². The minimum Gasteiger partial charge on any atom is -0.452 e. The number of benzene rings is 5. The van der Waals surface area contributed by atoms with Gasteiger partial charge in [-0.3, -0.25) is 9.97 Å². The Labute approximate surface area is 309 Å². The smallest absolute Gasteiger partial charge is 0.245 e. The fraction of sp³-hybridized carbons (Fsp3) is 0.0625. The van der Waals surface area contributed by atoms with Crippen molar-refractivity contribution in [3.8, 4) is 89.6 Å². The van der Waals surface area contributed by atoms with Crippen molar-refractivity contribution in [2.45, 2.75) is 19.6 Å². The third kappa shape index (κ3) is 6.57. The number of aromatic nitrogens is 3. The zero-order valence-corrected chi connectivity index (χ0v) is 29.4. The molecule has 0 aliphatic carbocycles. The predicted octanol–water partition coefficient (Wildman–Crippen LogP) is 12.0. The fourth-order valence-corrected chi connectivity index (χ4v) is 6.97. The van der Waals surface area contributed by atoms with Gasteiger partial charge in [0.2, 0.25) is 5.79 Å². The minimum absolute atomic E-state index is 0.753. The summed E-state index contributed by atoms with van der Waals surface area (Å²) in [5.74, 6) is 0.613. The summed E-state index contributed by atoms with van der Waals surface area (Å²) in [6.45, 7) is 3.91. The Bertz CT molecular complexity index is 2460. The Hall–Kier alpha value is -6.85. The van der Waals surface area contributed by atoms with E-state index < -0.39 is 5.79 Å². The summed E-state index contributed by atoms with van der Waals surface area (Å²) in [4.78, 5) is 13.9. The van der Waals surface area contributed by atoms with Crippen molar-refractivity contribution >= 4 is 0 Å². The van der Waals surface area contributed by atoms with Gasteiger partial charge < -0.3 is 9.47 Å². The van der Waals surface area contributed by atoms with Crippen LogP contribution in [0.25, 0.3) is 78.1 Å². The minimum atomic E-state index is -0.907. The zero-order chi connectivity index (χ0) is 35.8. The number of fused-ring (bicyclic) bond motifs is 3. The van der Waals surface area contributed by atoms with Crippen molar-refractivity contribution in [1.29, 1.82) is 0 Å². The highest BCUT2D eigenvalue weighted by molar-refractivity contribution is 5.87. The van der Waals surface area contributed by atoms with Crippen molar-refractivity contribution in [3.05, 3.63) is 176 Å². The molecule has 0 N–H and O–H groups in total. The lowest BCUT2D eigenvalue weighted by Crippen LogP contribution is -2.34. The van der Waals surface area contributed by atoms with Gasteiger partial charge in [0.15, 0.2) is 0 Å². The van der Waals surface area contributed by atoms with Crippen molar-refractivity contribution in [3.63, 3.8) is 0 Å². The van der Waals surface area contributed by atoms with Gasteiger partial charge in [-0.1, -0.05) is 84.9 Å². The molecule has 8 aromatic rings. The van der Waals surface area contributed by atoms with E-state index in [1.54, 1.807) is 12.4 Å². The summed E-state index contributed by atoms with van der Waals surface area (Å²) in [7, 11) is 0. The molecule has 53 heavy (non-hydrogen) atoms. The van der Waals surface area contributed by atoms with Crippen molar-refractivity contribution in [2.24, 2.45) is 0 Å². The molecule has 0 radical (unpaired) electrons. The molecule has 5 heteroatoms. The van der Waals surface area contributed by atoms with Gasteiger partial charge in [-0.05, 0) is 100 Å². The van der Waals surface area contributed by atoms with Gasteiger partial charge >= 0.3 is 0 Å². The number of pyridine rings is 3. The molecule has 0 saturated heterocycles. The van der Waals surface area contributed by atoms with Crippen LogP contribution in [-0.2, 0) is 0 Å². The van der Waals surface area contributed by atoms with E-state index in [-0.39, 0.29) is 0 Å². The first-order chi connectivity index (χ1) is 26.0. The van der Waals surface area contributed by atoms with Crippen LogP contribution in [0.15, 0.2) is 176 Å². The second-order valence-corrected chi connectivity index (χ2v) is 13.7. The molecule has 5 nitrogen and oxygen atoms in total. The third-order valence-corrected chi connectivity index (χ3v) is 9.52. The van der Waals surface area contributed by atoms with Crippen molar-refractivity contribution < 1.29 is 9.47 Å². The Morgan fingerprint density at radius 3 is 1.43 bits per heavy atom. The largest absolute Gasteiger partial charge is 0.452 e. The first-order valence-corrected chi connectivity index (χ1v) is 17.7. The van der Waals surface area contributed by atoms with Crippen LogP contribution in [0.3, 0.4) is 0 Å². The Morgan fingerprint density at radius 2 is 0.868 bits per heavy atom. The summed E-state index contributed by atoms with van der Waals surface area (Å²) in [6, 6.07) is 52.5. The maximum atomic E-state index is 6.67. The second kappa shape index (κ2) is 13.4. The third-order valence-electron chi connectivity index (χ3n) is 9.52. The molecular formula is C48H35N3O2. The highest BCUT2D eigenvalue weighted by atomic mass is 16.7. The van der Waals surface area contributed by atoms with E-state index in [4.69, 9.17) is 14.5 Å². The molecular weight excluding hydrogens is 651 g/mol. The van der Waals surface area contributed by atoms with Gasteiger partial charge in [-0.25, -0.2) is 4.98 Å². The molecule has 0 bridgehead atoms. The molecule has 0 fully saturated rings. The lowest BCUT2D eigenvalue weighted by atomic mass is 9.92. The van der Waals surface area contributed by atoms with Crippen LogP contribution in [0.1, 0.15) is 13.8 Å². The van der Waals surface area contributed by atoms with Crippen molar-refractivity contribution in [2.75, 3.05) is 0 Å². The maximum absolute atomic E-state index is 6.67. The number of rotatable bonds is 6. The van der Waals surface area contributed by atoms with Gasteiger partial charge in [0, 0.05) is 72.0 Å². The van der Waals surface area contributed by atoms with Gasteiger partial charge in [0.25, 0.3) is 0 Å². The Balaban J connectivity index is 1.17. The zero-order valence-electron chi connectivity index (χ0n) is 29.4. The molecule has 254 valence electrons. The molecule has 0 amide bonds. The number of hydrogen-bond acceptors (Lipinski definition) is 5. The second-order valence-electron chi connectivity index (χ2n) is 13.7. The van der Waals surface area contributed by atoms with Crippen LogP contribution in [0.2, 0.25) is 0 Å². The molecule has 0 saturated carbocycles. The van der Waals surface area contributed by atoms with Crippen LogP contribution >= 0.6 is 0 Å². The van der Waals surface area contributed by atoms with E-state index in [0.29, 0.717) is 0 Å². The highest BCUT2D eigenvalue weighted by Crippen LogP contribution is 2.46. The first kappa shape index (κ1) is 32.1. The molecule has 0 atom stereocenters. The average molecular weight is 686 g/mol. The summed E-state index contributed by atoms with van der Waals surface area (Å²) < 4.78 is 13.2. The molecule has 0 spiro atoms. The van der Waals surface area contributed by atoms with E-state index in [1.807, 2.05) is 74.8 Å². The molecule has 5 aromatic carbocycles. The topological polar surface area (TPSA) is 57.1 Å². The molecule has 1 aliphatic rings. The molecule has 9 rings (SSSR count). The fourth-order valence-electron chi connectivity index (χ4n) is 6.97. The molecule has 0 unspecified atom stereocenters. The quantitative estimate of drug-likeness (QED) is 0.174. The summed E-state index contributed by atoms with van der Waals surface area (Å²) in [5, 5.41) is 0. The first-order valence-electron chi connectivity index (χ1n) is 17.7. The van der Waals surface area contributed by atoms with Crippen LogP contribution in [0, 0.1) is 0 Å². The molecule has 3 aromatic heterocycles. The number of hydrogen-bond donors (Lipinski definition) is 0. The van der Waals surface area contributed by atoms with E-state index >= 15 is 0 Å². The summed E-state index contributed by atoms with van der Waals surface area (Å²) in [5.41, 5.74) is 14.4. The van der Waals surface area contributed by atoms with Crippen LogP contribution in [0.5, 0.6) is 11.5 Å². The summed E-state index contributed by atoms with van der Waals surface area (Å²) in [6.07, 6.45) is 7.39. The number of ether oxygens (including phenoxy) is 2. The molecule has 1 aliphatic heterocycles. The van der Waals surface area contributed by atoms with E-state index in [0.717, 1.165) is 89.6 Å². The van der Waals surface area contributed by atoms with Gasteiger partial charge in [0.05, 0.1) is 11.4 Å². The van der Waals surface area contributed by atoms with Crippen molar-refractivity contribution in [1.82, 2.24) is 15.0 Å². The van der Waals surface area contributed by atoms with Crippen LogP contribution in [-0.4, -0.2) is 20.7 Å². The van der Waals surface area contributed by atoms with Crippen LogP contribution < -0.4 is 9.47 Å². The molecule has 4 heterocycles. The van der Waals surface area contributed by atoms with E-state index in [9.17, 15) is 0 Å².